The van der Waals surface area contributed by atoms with Gasteiger partial charge in [-0.2, -0.15) is 0 Å². The van der Waals surface area contributed by atoms with Crippen molar-refractivity contribution < 1.29 is 0 Å². The van der Waals surface area contributed by atoms with Gasteiger partial charge in [0.05, 0.1) is 0 Å². The molecule has 100 valence electrons. The van der Waals surface area contributed by atoms with Gasteiger partial charge in [0, 0.05) is 23.8 Å². The van der Waals surface area contributed by atoms with Crippen LogP contribution in [0.2, 0.25) is 5.02 Å². The topological polar surface area (TPSA) is 29.3 Å². The van der Waals surface area contributed by atoms with Gasteiger partial charge in [-0.3, -0.25) is 4.90 Å². The zero-order chi connectivity index (χ0) is 13.8. The van der Waals surface area contributed by atoms with E-state index in [0.717, 1.165) is 29.4 Å². The second-order valence-electron chi connectivity index (χ2n) is 4.94. The molecule has 0 unspecified atom stereocenters. The lowest BCUT2D eigenvalue weighted by Crippen LogP contribution is -2.18. The Balaban J connectivity index is 2.07. The quantitative estimate of drug-likeness (QED) is 0.858. The lowest BCUT2D eigenvalue weighted by molar-refractivity contribution is 0.319. The van der Waals surface area contributed by atoms with Crippen LogP contribution < -0.4 is 5.73 Å². The van der Waals surface area contributed by atoms with Gasteiger partial charge in [-0.1, -0.05) is 35.9 Å². The molecule has 0 radical (unpaired) electrons. The maximum absolute atomic E-state index is 6.01. The van der Waals surface area contributed by atoms with Crippen LogP contribution in [0.4, 0.5) is 5.69 Å². The van der Waals surface area contributed by atoms with Crippen LogP contribution in [-0.4, -0.2) is 11.9 Å². The minimum atomic E-state index is 0.730. The van der Waals surface area contributed by atoms with Crippen molar-refractivity contribution in [2.75, 3.05) is 12.8 Å². The monoisotopic (exact) mass is 274 g/mol. The molecule has 2 N–H and O–H groups in total. The third-order valence-corrected chi connectivity index (χ3v) is 3.48. The molecule has 0 saturated carbocycles. The molecule has 2 aromatic rings. The molecule has 3 heteroatoms. The lowest BCUT2D eigenvalue weighted by atomic mass is 10.1. The van der Waals surface area contributed by atoms with Crippen LogP contribution in [-0.2, 0) is 13.1 Å². The first-order valence-corrected chi connectivity index (χ1v) is 6.71. The number of hydrogen-bond acceptors (Lipinski definition) is 2. The Labute approximate surface area is 119 Å². The maximum Gasteiger partial charge on any atom is 0.0410 e. The summed E-state index contributed by atoms with van der Waals surface area (Å²) in [6.07, 6.45) is 0. The summed E-state index contributed by atoms with van der Waals surface area (Å²) in [5, 5.41) is 0.730. The van der Waals surface area contributed by atoms with E-state index in [1.54, 1.807) is 0 Å². The van der Waals surface area contributed by atoms with Crippen LogP contribution in [0.1, 0.15) is 16.7 Å². The van der Waals surface area contributed by atoms with Gasteiger partial charge in [0.1, 0.15) is 0 Å². The summed E-state index contributed by atoms with van der Waals surface area (Å²) in [5.41, 5.74) is 10.5. The van der Waals surface area contributed by atoms with E-state index in [4.69, 9.17) is 17.3 Å². The molecule has 0 heterocycles. The molecule has 0 aliphatic carbocycles. The number of nitrogens with two attached hydrogens (primary N) is 1. The summed E-state index contributed by atoms with van der Waals surface area (Å²) in [4.78, 5) is 2.24. The van der Waals surface area contributed by atoms with Crippen molar-refractivity contribution in [1.82, 2.24) is 4.90 Å². The molecule has 0 aromatic heterocycles. The molecule has 0 fully saturated rings. The molecule has 0 saturated heterocycles. The first-order valence-electron chi connectivity index (χ1n) is 6.33. The van der Waals surface area contributed by atoms with Crippen LogP contribution in [0.25, 0.3) is 0 Å². The van der Waals surface area contributed by atoms with Crippen molar-refractivity contribution in [3.63, 3.8) is 0 Å². The summed E-state index contributed by atoms with van der Waals surface area (Å²) in [6.45, 7) is 3.83. The van der Waals surface area contributed by atoms with E-state index in [-0.39, 0.29) is 0 Å². The number of nitrogen functional groups attached to an aromatic ring is 1. The van der Waals surface area contributed by atoms with Gasteiger partial charge in [-0.05, 0) is 48.9 Å². The van der Waals surface area contributed by atoms with E-state index < -0.39 is 0 Å². The number of rotatable bonds is 4. The zero-order valence-electron chi connectivity index (χ0n) is 11.4. The van der Waals surface area contributed by atoms with Gasteiger partial charge < -0.3 is 5.73 Å². The summed E-state index contributed by atoms with van der Waals surface area (Å²) in [5.74, 6) is 0. The number of benzene rings is 2. The second kappa shape index (κ2) is 6.09. The van der Waals surface area contributed by atoms with E-state index >= 15 is 0 Å². The van der Waals surface area contributed by atoms with Crippen LogP contribution >= 0.6 is 11.6 Å². The average Bonchev–Trinajstić information content (AvgIpc) is 2.37. The fourth-order valence-electron chi connectivity index (χ4n) is 2.14. The predicted octanol–water partition coefficient (Wildman–Crippen LogP) is 3.86. The molecule has 0 amide bonds. The van der Waals surface area contributed by atoms with Crippen LogP contribution in [0, 0.1) is 6.92 Å². The highest BCUT2D eigenvalue weighted by atomic mass is 35.5. The molecule has 0 atom stereocenters. The van der Waals surface area contributed by atoms with E-state index in [1.807, 2.05) is 18.2 Å². The van der Waals surface area contributed by atoms with Gasteiger partial charge in [-0.25, -0.2) is 0 Å². The van der Waals surface area contributed by atoms with Crippen molar-refractivity contribution in [2.24, 2.45) is 0 Å². The third-order valence-electron chi connectivity index (χ3n) is 3.25. The Morgan fingerprint density at radius 3 is 2.47 bits per heavy atom. The van der Waals surface area contributed by atoms with E-state index in [0.29, 0.717) is 0 Å². The smallest absolute Gasteiger partial charge is 0.0410 e. The number of halogens is 1. The summed E-state index contributed by atoms with van der Waals surface area (Å²) in [6, 6.07) is 14.0. The Bertz CT molecular complexity index is 566. The molecule has 19 heavy (non-hydrogen) atoms. The van der Waals surface area contributed by atoms with Crippen molar-refractivity contribution in [2.45, 2.75) is 20.0 Å². The van der Waals surface area contributed by atoms with Crippen molar-refractivity contribution in [3.8, 4) is 0 Å². The SMILES string of the molecule is Cc1ccccc1CN(C)Cc1cc(Cl)ccc1N. The highest BCUT2D eigenvalue weighted by molar-refractivity contribution is 6.30. The minimum absolute atomic E-state index is 0.730. The number of aryl methyl sites for hydroxylation is 1. The highest BCUT2D eigenvalue weighted by Crippen LogP contribution is 2.20. The molecule has 2 nitrogen and oxygen atoms in total. The fraction of sp³-hybridized carbons (Fsp3) is 0.250. The second-order valence-corrected chi connectivity index (χ2v) is 5.38. The normalized spacial score (nSPS) is 10.9. The van der Waals surface area contributed by atoms with Crippen LogP contribution in [0.3, 0.4) is 0 Å². The van der Waals surface area contributed by atoms with Gasteiger partial charge >= 0.3 is 0 Å². The van der Waals surface area contributed by atoms with Crippen molar-refractivity contribution in [3.05, 3.63) is 64.2 Å². The zero-order valence-corrected chi connectivity index (χ0v) is 12.1. The molecule has 0 aliphatic rings. The standard InChI is InChI=1S/C16H19ClN2/c1-12-5-3-4-6-13(12)10-19(2)11-14-9-15(17)7-8-16(14)18/h3-9H,10-11,18H2,1-2H3. The molecule has 0 spiro atoms. The lowest BCUT2D eigenvalue weighted by Gasteiger charge is -2.19. The summed E-state index contributed by atoms with van der Waals surface area (Å²) < 4.78 is 0. The summed E-state index contributed by atoms with van der Waals surface area (Å²) in [7, 11) is 2.09. The molecule has 2 aromatic carbocycles. The Morgan fingerprint density at radius 2 is 1.74 bits per heavy atom. The highest BCUT2D eigenvalue weighted by Gasteiger charge is 2.06. The largest absolute Gasteiger partial charge is 0.398 e. The molecular formula is C16H19ClN2. The minimum Gasteiger partial charge on any atom is -0.398 e. The average molecular weight is 275 g/mol. The number of hydrogen-bond donors (Lipinski definition) is 1. The first-order chi connectivity index (χ1) is 9.06. The van der Waals surface area contributed by atoms with Gasteiger partial charge in [0.15, 0.2) is 0 Å². The van der Waals surface area contributed by atoms with Gasteiger partial charge in [-0.15, -0.1) is 0 Å². The third kappa shape index (κ3) is 3.72. The van der Waals surface area contributed by atoms with Gasteiger partial charge in [0.25, 0.3) is 0 Å². The molecular weight excluding hydrogens is 256 g/mol. The van der Waals surface area contributed by atoms with E-state index in [2.05, 4.69) is 43.1 Å². The van der Waals surface area contributed by atoms with Crippen molar-refractivity contribution in [1.29, 1.82) is 0 Å². The number of anilines is 1. The Hall–Kier alpha value is -1.51. The fourth-order valence-corrected chi connectivity index (χ4v) is 2.33. The summed E-state index contributed by atoms with van der Waals surface area (Å²) >= 11 is 6.01. The predicted molar refractivity (Wildman–Crippen MR) is 82.2 cm³/mol. The molecule has 2 rings (SSSR count). The van der Waals surface area contributed by atoms with Gasteiger partial charge in [0.2, 0.25) is 0 Å². The van der Waals surface area contributed by atoms with Crippen LogP contribution in [0.5, 0.6) is 0 Å². The maximum atomic E-state index is 6.01. The van der Waals surface area contributed by atoms with E-state index in [1.165, 1.54) is 11.1 Å². The van der Waals surface area contributed by atoms with Crippen molar-refractivity contribution >= 4 is 17.3 Å². The van der Waals surface area contributed by atoms with Crippen LogP contribution in [0.15, 0.2) is 42.5 Å². The molecule has 0 bridgehead atoms. The first kappa shape index (κ1) is 13.9. The molecule has 0 aliphatic heterocycles. The number of nitrogens with zero attached hydrogens (tertiary/aromatic N) is 1. The Kier molecular flexibility index (Phi) is 4.46. The Morgan fingerprint density at radius 1 is 1.05 bits per heavy atom. The van der Waals surface area contributed by atoms with E-state index in [9.17, 15) is 0 Å².